The molecule has 0 unspecified atom stereocenters. The lowest BCUT2D eigenvalue weighted by Gasteiger charge is -2.35. The molecule has 2 atom stereocenters. The van der Waals surface area contributed by atoms with Gasteiger partial charge in [-0.1, -0.05) is 55.5 Å². The van der Waals surface area contributed by atoms with Gasteiger partial charge in [0.15, 0.2) is 0 Å². The van der Waals surface area contributed by atoms with Crippen LogP contribution in [0.3, 0.4) is 0 Å². The number of nitrogens with one attached hydrogen (secondary N) is 1. The minimum absolute atomic E-state index is 0.0529. The van der Waals surface area contributed by atoms with Gasteiger partial charge in [-0.15, -0.1) is 0 Å². The Labute approximate surface area is 143 Å². The van der Waals surface area contributed by atoms with Crippen LogP contribution in [0.15, 0.2) is 48.5 Å². The van der Waals surface area contributed by atoms with Gasteiger partial charge < -0.3 is 10.4 Å². The summed E-state index contributed by atoms with van der Waals surface area (Å²) in [6, 6.07) is 16.8. The third-order valence-corrected chi connectivity index (χ3v) is 4.97. The van der Waals surface area contributed by atoms with Crippen LogP contribution in [0.1, 0.15) is 47.9 Å². The lowest BCUT2D eigenvalue weighted by Crippen LogP contribution is -2.42. The Balaban J connectivity index is 1.94. The Morgan fingerprint density at radius 3 is 2.67 bits per heavy atom. The topological polar surface area (TPSA) is 49.3 Å². The normalized spacial score (nSPS) is 19.6. The fourth-order valence-electron chi connectivity index (χ4n) is 3.65. The van der Waals surface area contributed by atoms with E-state index in [0.29, 0.717) is 6.42 Å². The van der Waals surface area contributed by atoms with Crippen molar-refractivity contribution in [3.05, 3.63) is 70.8 Å². The zero-order valence-corrected chi connectivity index (χ0v) is 14.2. The van der Waals surface area contributed by atoms with Crippen molar-refractivity contribution in [2.45, 2.75) is 51.2 Å². The molecular formula is C21H25NO2. The number of aliphatic hydroxyl groups excluding tert-OH is 1. The molecule has 0 heterocycles. The molecule has 3 nitrogen and oxygen atoms in total. The first-order valence-corrected chi connectivity index (χ1v) is 8.77. The first-order chi connectivity index (χ1) is 11.7. The van der Waals surface area contributed by atoms with Gasteiger partial charge in [0.05, 0.1) is 6.61 Å². The minimum atomic E-state index is 0.0529. The molecule has 3 rings (SSSR count). The van der Waals surface area contributed by atoms with Gasteiger partial charge in [0.2, 0.25) is 5.91 Å². The second-order valence-corrected chi connectivity index (χ2v) is 6.55. The van der Waals surface area contributed by atoms with Crippen LogP contribution < -0.4 is 5.32 Å². The zero-order valence-electron chi connectivity index (χ0n) is 14.2. The average Bonchev–Trinajstić information content (AvgIpc) is 2.63. The molecule has 0 saturated carbocycles. The average molecular weight is 323 g/mol. The summed E-state index contributed by atoms with van der Waals surface area (Å²) in [5, 5.41) is 12.7. The van der Waals surface area contributed by atoms with Crippen molar-refractivity contribution in [3.8, 4) is 0 Å². The van der Waals surface area contributed by atoms with E-state index in [-0.39, 0.29) is 24.5 Å². The van der Waals surface area contributed by atoms with Crippen LogP contribution in [0.4, 0.5) is 0 Å². The molecular weight excluding hydrogens is 298 g/mol. The van der Waals surface area contributed by atoms with Crippen molar-refractivity contribution in [2.75, 3.05) is 0 Å². The molecule has 0 aromatic heterocycles. The number of amides is 1. The van der Waals surface area contributed by atoms with Crippen LogP contribution in [-0.2, 0) is 24.2 Å². The Kier molecular flexibility index (Phi) is 5.31. The van der Waals surface area contributed by atoms with Gasteiger partial charge in [-0.3, -0.25) is 4.79 Å². The Bertz CT molecular complexity index is 696. The quantitative estimate of drug-likeness (QED) is 0.886. The summed E-state index contributed by atoms with van der Waals surface area (Å²) < 4.78 is 0. The largest absolute Gasteiger partial charge is 0.392 e. The predicted molar refractivity (Wildman–Crippen MR) is 95.8 cm³/mol. The number of benzene rings is 2. The first-order valence-electron chi connectivity index (χ1n) is 8.77. The lowest BCUT2D eigenvalue weighted by molar-refractivity contribution is -0.121. The SMILES string of the molecule is CCC(=O)N[C@H]1CCc2ccc(CO)cc2[C@H]1Cc1ccccc1. The Morgan fingerprint density at radius 1 is 1.17 bits per heavy atom. The number of aryl methyl sites for hydroxylation is 1. The molecule has 0 bridgehead atoms. The summed E-state index contributed by atoms with van der Waals surface area (Å²) in [5.74, 6) is 0.359. The van der Waals surface area contributed by atoms with Crippen LogP contribution >= 0.6 is 0 Å². The molecule has 0 aliphatic heterocycles. The molecule has 126 valence electrons. The second kappa shape index (κ2) is 7.63. The van der Waals surface area contributed by atoms with Gasteiger partial charge in [-0.25, -0.2) is 0 Å². The maximum absolute atomic E-state index is 12.0. The third-order valence-electron chi connectivity index (χ3n) is 4.97. The summed E-state index contributed by atoms with van der Waals surface area (Å²) >= 11 is 0. The van der Waals surface area contributed by atoms with Crippen molar-refractivity contribution < 1.29 is 9.90 Å². The van der Waals surface area contributed by atoms with Crippen LogP contribution in [-0.4, -0.2) is 17.1 Å². The lowest BCUT2D eigenvalue weighted by atomic mass is 9.75. The van der Waals surface area contributed by atoms with E-state index in [1.54, 1.807) is 0 Å². The van der Waals surface area contributed by atoms with E-state index in [1.807, 2.05) is 19.1 Å². The van der Waals surface area contributed by atoms with Gasteiger partial charge in [0, 0.05) is 18.4 Å². The molecule has 1 amide bonds. The van der Waals surface area contributed by atoms with Gasteiger partial charge >= 0.3 is 0 Å². The molecule has 0 saturated heterocycles. The second-order valence-electron chi connectivity index (χ2n) is 6.55. The van der Waals surface area contributed by atoms with Crippen molar-refractivity contribution in [1.82, 2.24) is 5.32 Å². The summed E-state index contributed by atoms with van der Waals surface area (Å²) in [7, 11) is 0. The van der Waals surface area contributed by atoms with Crippen LogP contribution in [0.5, 0.6) is 0 Å². The zero-order chi connectivity index (χ0) is 16.9. The maximum atomic E-state index is 12.0. The Hall–Kier alpha value is -2.13. The molecule has 0 spiro atoms. The van der Waals surface area contributed by atoms with E-state index in [4.69, 9.17) is 0 Å². The summed E-state index contributed by atoms with van der Waals surface area (Å²) in [6.45, 7) is 1.94. The van der Waals surface area contributed by atoms with Crippen molar-refractivity contribution in [2.24, 2.45) is 0 Å². The molecule has 2 aromatic rings. The number of carbonyl (C=O) groups excluding carboxylic acids is 1. The summed E-state index contributed by atoms with van der Waals surface area (Å²) in [6.07, 6.45) is 3.35. The molecule has 0 radical (unpaired) electrons. The number of rotatable bonds is 5. The fourth-order valence-corrected chi connectivity index (χ4v) is 3.65. The molecule has 24 heavy (non-hydrogen) atoms. The number of hydrogen-bond acceptors (Lipinski definition) is 2. The minimum Gasteiger partial charge on any atom is -0.392 e. The number of carbonyl (C=O) groups is 1. The van der Waals surface area contributed by atoms with Crippen molar-refractivity contribution in [3.63, 3.8) is 0 Å². The van der Waals surface area contributed by atoms with Gasteiger partial charge in [0.1, 0.15) is 0 Å². The maximum Gasteiger partial charge on any atom is 0.219 e. The summed E-state index contributed by atoms with van der Waals surface area (Å²) in [4.78, 5) is 12.0. The van der Waals surface area contributed by atoms with Gasteiger partial charge in [-0.2, -0.15) is 0 Å². The van der Waals surface area contributed by atoms with E-state index in [2.05, 4.69) is 41.7 Å². The molecule has 3 heteroatoms. The number of aliphatic hydroxyl groups is 1. The predicted octanol–water partition coefficient (Wildman–Crippen LogP) is 3.35. The first kappa shape index (κ1) is 16.7. The smallest absolute Gasteiger partial charge is 0.219 e. The number of fused-ring (bicyclic) bond motifs is 1. The van der Waals surface area contributed by atoms with Crippen LogP contribution in [0.25, 0.3) is 0 Å². The highest BCUT2D eigenvalue weighted by atomic mass is 16.3. The van der Waals surface area contributed by atoms with Crippen molar-refractivity contribution in [1.29, 1.82) is 0 Å². The van der Waals surface area contributed by atoms with Crippen LogP contribution in [0, 0.1) is 0 Å². The van der Waals surface area contributed by atoms with E-state index in [9.17, 15) is 9.90 Å². The Morgan fingerprint density at radius 2 is 1.96 bits per heavy atom. The van der Waals surface area contributed by atoms with E-state index >= 15 is 0 Å². The molecule has 1 aliphatic carbocycles. The number of hydrogen-bond donors (Lipinski definition) is 2. The van der Waals surface area contributed by atoms with Crippen LogP contribution in [0.2, 0.25) is 0 Å². The van der Waals surface area contributed by atoms with E-state index < -0.39 is 0 Å². The van der Waals surface area contributed by atoms with E-state index in [0.717, 1.165) is 24.8 Å². The standard InChI is InChI=1S/C21H25NO2/c1-2-21(24)22-20-11-10-17-9-8-16(14-23)13-18(17)19(20)12-15-6-4-3-5-7-15/h3-9,13,19-20,23H,2,10-12,14H2,1H3,(H,22,24)/t19-,20+/m1/s1. The fraction of sp³-hybridized carbons (Fsp3) is 0.381. The monoisotopic (exact) mass is 323 g/mol. The molecule has 0 fully saturated rings. The molecule has 2 aromatic carbocycles. The molecule has 2 N–H and O–H groups in total. The van der Waals surface area contributed by atoms with Crippen molar-refractivity contribution >= 4 is 5.91 Å². The van der Waals surface area contributed by atoms with E-state index in [1.165, 1.54) is 16.7 Å². The van der Waals surface area contributed by atoms with Gasteiger partial charge in [-0.05, 0) is 41.5 Å². The third kappa shape index (κ3) is 3.68. The highest BCUT2D eigenvalue weighted by Crippen LogP contribution is 2.35. The van der Waals surface area contributed by atoms with Gasteiger partial charge in [0.25, 0.3) is 0 Å². The summed E-state index contributed by atoms with van der Waals surface area (Å²) in [5.41, 5.74) is 4.84. The highest BCUT2D eigenvalue weighted by molar-refractivity contribution is 5.76. The molecule has 1 aliphatic rings. The highest BCUT2D eigenvalue weighted by Gasteiger charge is 2.30.